The highest BCUT2D eigenvalue weighted by molar-refractivity contribution is 6.18. The summed E-state index contributed by atoms with van der Waals surface area (Å²) in [5.41, 5.74) is 0. The Hall–Kier alpha value is -1.48. The van der Waals surface area contributed by atoms with Crippen LogP contribution in [-0.4, -0.2) is 22.0 Å². The maximum absolute atomic E-state index is 9.64. The van der Waals surface area contributed by atoms with E-state index in [9.17, 15) is 5.11 Å². The number of pyridine rings is 1. The van der Waals surface area contributed by atoms with Gasteiger partial charge in [-0.05, 0) is 42.3 Å². The number of rotatable bonds is 3. The van der Waals surface area contributed by atoms with Crippen molar-refractivity contribution in [2.45, 2.75) is 25.3 Å². The second kappa shape index (κ2) is 5.25. The molecule has 19 heavy (non-hydrogen) atoms. The molecule has 1 fully saturated rings. The van der Waals surface area contributed by atoms with Crippen molar-refractivity contribution in [3.8, 4) is 5.75 Å². The molecule has 1 aromatic heterocycles. The number of phenols is 1. The molecule has 2 aromatic rings. The van der Waals surface area contributed by atoms with Crippen LogP contribution in [0.15, 0.2) is 30.5 Å². The first kappa shape index (κ1) is 12.5. The number of aromatic nitrogens is 1. The number of alkyl halides is 1. The minimum Gasteiger partial charge on any atom is -0.508 e. The van der Waals surface area contributed by atoms with E-state index in [0.717, 1.165) is 23.0 Å². The smallest absolute Gasteiger partial charge is 0.134 e. The molecule has 3 rings (SSSR count). The number of nitrogens with one attached hydrogen (secondary N) is 1. The van der Waals surface area contributed by atoms with Crippen molar-refractivity contribution in [2.75, 3.05) is 11.2 Å². The van der Waals surface area contributed by atoms with Gasteiger partial charge in [-0.1, -0.05) is 12.5 Å². The fourth-order valence-corrected chi connectivity index (χ4v) is 3.23. The molecule has 1 aromatic carbocycles. The fraction of sp³-hybridized carbons (Fsp3) is 0.400. The molecule has 0 aliphatic heterocycles. The summed E-state index contributed by atoms with van der Waals surface area (Å²) in [5, 5.41) is 15.2. The summed E-state index contributed by atoms with van der Waals surface area (Å²) < 4.78 is 0. The Balaban J connectivity index is 1.94. The van der Waals surface area contributed by atoms with E-state index in [4.69, 9.17) is 11.6 Å². The maximum Gasteiger partial charge on any atom is 0.134 e. The van der Waals surface area contributed by atoms with Gasteiger partial charge in [0, 0.05) is 23.5 Å². The molecule has 100 valence electrons. The molecule has 4 heteroatoms. The molecule has 0 spiro atoms. The van der Waals surface area contributed by atoms with Gasteiger partial charge in [-0.15, -0.1) is 11.6 Å². The number of halogens is 1. The molecule has 1 saturated carbocycles. The van der Waals surface area contributed by atoms with Crippen molar-refractivity contribution in [3.63, 3.8) is 0 Å². The van der Waals surface area contributed by atoms with Crippen LogP contribution in [0.1, 0.15) is 19.3 Å². The quantitative estimate of drug-likeness (QED) is 0.839. The molecule has 2 atom stereocenters. The topological polar surface area (TPSA) is 45.2 Å². The Labute approximate surface area is 117 Å². The van der Waals surface area contributed by atoms with Crippen LogP contribution < -0.4 is 5.32 Å². The summed E-state index contributed by atoms with van der Waals surface area (Å²) in [4.78, 5) is 4.41. The molecule has 0 amide bonds. The van der Waals surface area contributed by atoms with Crippen molar-refractivity contribution < 1.29 is 5.11 Å². The first-order valence-corrected chi connectivity index (χ1v) is 7.21. The van der Waals surface area contributed by atoms with E-state index in [1.165, 1.54) is 12.8 Å². The normalized spacial score (nSPS) is 22.8. The molecule has 1 heterocycles. The van der Waals surface area contributed by atoms with E-state index >= 15 is 0 Å². The highest BCUT2D eigenvalue weighted by atomic mass is 35.5. The Morgan fingerprint density at radius 2 is 2.21 bits per heavy atom. The zero-order valence-electron chi connectivity index (χ0n) is 10.6. The lowest BCUT2D eigenvalue weighted by molar-refractivity contribution is 0.476. The molecule has 2 N–H and O–H groups in total. The molecule has 0 radical (unpaired) electrons. The van der Waals surface area contributed by atoms with Crippen molar-refractivity contribution in [2.24, 2.45) is 5.92 Å². The average Bonchev–Trinajstić information content (AvgIpc) is 2.87. The number of phenolic OH excluding ortho intramolecular Hbond substituents is 1. The monoisotopic (exact) mass is 276 g/mol. The van der Waals surface area contributed by atoms with E-state index in [2.05, 4.69) is 10.3 Å². The van der Waals surface area contributed by atoms with Crippen LogP contribution in [0.3, 0.4) is 0 Å². The largest absolute Gasteiger partial charge is 0.508 e. The zero-order chi connectivity index (χ0) is 13.2. The van der Waals surface area contributed by atoms with E-state index in [0.29, 0.717) is 17.8 Å². The van der Waals surface area contributed by atoms with Crippen molar-refractivity contribution >= 4 is 28.2 Å². The van der Waals surface area contributed by atoms with Gasteiger partial charge in [0.1, 0.15) is 11.6 Å². The number of nitrogens with zero attached hydrogens (tertiary/aromatic N) is 1. The molecule has 0 saturated heterocycles. The Morgan fingerprint density at radius 1 is 1.32 bits per heavy atom. The third kappa shape index (κ3) is 2.47. The summed E-state index contributed by atoms with van der Waals surface area (Å²) >= 11 is 6.01. The standard InChI is InChI=1S/C15H17ClN2O/c16-9-11-2-1-3-14(11)18-15-13-8-12(19)5-4-10(13)6-7-17-15/h4-8,11,14,19H,1-3,9H2,(H,17,18). The van der Waals surface area contributed by atoms with E-state index in [1.807, 2.05) is 12.1 Å². The third-order valence-corrected chi connectivity index (χ3v) is 4.33. The minimum atomic E-state index is 0.267. The van der Waals surface area contributed by atoms with Gasteiger partial charge in [-0.3, -0.25) is 0 Å². The first-order valence-electron chi connectivity index (χ1n) is 6.68. The van der Waals surface area contributed by atoms with E-state index in [1.54, 1.807) is 18.3 Å². The van der Waals surface area contributed by atoms with Crippen LogP contribution in [0.4, 0.5) is 5.82 Å². The first-order chi connectivity index (χ1) is 9.28. The van der Waals surface area contributed by atoms with Gasteiger partial charge < -0.3 is 10.4 Å². The summed E-state index contributed by atoms with van der Waals surface area (Å²) in [6.07, 6.45) is 5.32. The highest BCUT2D eigenvalue weighted by Gasteiger charge is 2.26. The molecule has 1 aliphatic rings. The molecule has 0 bridgehead atoms. The summed E-state index contributed by atoms with van der Waals surface area (Å²) in [5.74, 6) is 2.31. The van der Waals surface area contributed by atoms with Crippen LogP contribution in [0.2, 0.25) is 0 Å². The number of hydrogen-bond donors (Lipinski definition) is 2. The third-order valence-electron chi connectivity index (χ3n) is 3.93. The molecule has 1 aliphatic carbocycles. The van der Waals surface area contributed by atoms with Gasteiger partial charge in [0.2, 0.25) is 0 Å². The predicted octanol–water partition coefficient (Wildman–Crippen LogP) is 3.76. The van der Waals surface area contributed by atoms with Crippen molar-refractivity contribution in [3.05, 3.63) is 30.5 Å². The number of hydrogen-bond acceptors (Lipinski definition) is 3. The van der Waals surface area contributed by atoms with Crippen molar-refractivity contribution in [1.29, 1.82) is 0 Å². The Kier molecular flexibility index (Phi) is 3.47. The minimum absolute atomic E-state index is 0.267. The Morgan fingerprint density at radius 3 is 3.05 bits per heavy atom. The van der Waals surface area contributed by atoms with Gasteiger partial charge in [-0.25, -0.2) is 4.98 Å². The lowest BCUT2D eigenvalue weighted by Crippen LogP contribution is -2.25. The number of benzene rings is 1. The maximum atomic E-state index is 9.64. The molecular formula is C15H17ClN2O. The number of fused-ring (bicyclic) bond motifs is 1. The van der Waals surface area contributed by atoms with Gasteiger partial charge in [0.25, 0.3) is 0 Å². The molecular weight excluding hydrogens is 260 g/mol. The highest BCUT2D eigenvalue weighted by Crippen LogP contribution is 2.32. The van der Waals surface area contributed by atoms with Crippen molar-refractivity contribution in [1.82, 2.24) is 4.98 Å². The van der Waals surface area contributed by atoms with Crippen LogP contribution >= 0.6 is 11.6 Å². The SMILES string of the molecule is Oc1ccc2ccnc(NC3CCCC3CCl)c2c1. The molecule has 3 nitrogen and oxygen atoms in total. The van der Waals surface area contributed by atoms with Crippen LogP contribution in [0.5, 0.6) is 5.75 Å². The van der Waals surface area contributed by atoms with Gasteiger partial charge in [-0.2, -0.15) is 0 Å². The van der Waals surface area contributed by atoms with E-state index < -0.39 is 0 Å². The average molecular weight is 277 g/mol. The lowest BCUT2D eigenvalue weighted by atomic mass is 10.1. The van der Waals surface area contributed by atoms with Crippen LogP contribution in [0.25, 0.3) is 10.8 Å². The lowest BCUT2D eigenvalue weighted by Gasteiger charge is -2.20. The van der Waals surface area contributed by atoms with Gasteiger partial charge in [0.15, 0.2) is 0 Å². The fourth-order valence-electron chi connectivity index (χ4n) is 2.86. The van der Waals surface area contributed by atoms with Gasteiger partial charge in [0.05, 0.1) is 0 Å². The number of aromatic hydroxyl groups is 1. The molecule has 2 unspecified atom stereocenters. The summed E-state index contributed by atoms with van der Waals surface area (Å²) in [6, 6.07) is 7.70. The second-order valence-electron chi connectivity index (χ2n) is 5.16. The zero-order valence-corrected chi connectivity index (χ0v) is 11.4. The summed E-state index contributed by atoms with van der Waals surface area (Å²) in [6.45, 7) is 0. The predicted molar refractivity (Wildman–Crippen MR) is 78.9 cm³/mol. The second-order valence-corrected chi connectivity index (χ2v) is 5.47. The number of anilines is 1. The van der Waals surface area contributed by atoms with E-state index in [-0.39, 0.29) is 5.75 Å². The summed E-state index contributed by atoms with van der Waals surface area (Å²) in [7, 11) is 0. The van der Waals surface area contributed by atoms with Gasteiger partial charge >= 0.3 is 0 Å². The Bertz CT molecular complexity index is 587. The van der Waals surface area contributed by atoms with Crippen LogP contribution in [-0.2, 0) is 0 Å². The van der Waals surface area contributed by atoms with Crippen LogP contribution in [0, 0.1) is 5.92 Å².